The van der Waals surface area contributed by atoms with E-state index in [4.69, 9.17) is 37.4 Å². The molecule has 6 nitrogen and oxygen atoms in total. The van der Waals surface area contributed by atoms with Crippen LogP contribution in [0, 0.1) is 13.8 Å². The third-order valence-corrected chi connectivity index (χ3v) is 8.08. The molecule has 3 atom stereocenters. The summed E-state index contributed by atoms with van der Waals surface area (Å²) in [6.07, 6.45) is 3.59. The van der Waals surface area contributed by atoms with Crippen LogP contribution in [-0.2, 0) is 16.1 Å². The number of hydrogen-bond donors (Lipinski definition) is 1. The van der Waals surface area contributed by atoms with Crippen LogP contribution in [0.15, 0.2) is 30.3 Å². The van der Waals surface area contributed by atoms with Gasteiger partial charge in [-0.1, -0.05) is 29.3 Å². The molecule has 2 aliphatic rings. The second-order valence-electron chi connectivity index (χ2n) is 9.88. The minimum Gasteiger partial charge on any atom is -0.491 e. The maximum absolute atomic E-state index is 12.9. The fraction of sp³-hybridized carbons (Fsp3) is 0.536. The Hall–Kier alpha value is -1.99. The lowest BCUT2D eigenvalue weighted by molar-refractivity contribution is -0.128. The average Bonchev–Trinajstić information content (AvgIpc) is 3.07. The first-order valence-electron chi connectivity index (χ1n) is 12.7. The zero-order valence-corrected chi connectivity index (χ0v) is 23.0. The summed E-state index contributed by atoms with van der Waals surface area (Å²) >= 11 is 12.2. The quantitative estimate of drug-likeness (QED) is 0.395. The van der Waals surface area contributed by atoms with Crippen molar-refractivity contribution in [1.29, 1.82) is 0 Å². The predicted molar refractivity (Wildman–Crippen MR) is 143 cm³/mol. The van der Waals surface area contributed by atoms with Crippen LogP contribution in [0.5, 0.6) is 11.5 Å². The van der Waals surface area contributed by atoms with Gasteiger partial charge in [-0.15, -0.1) is 0 Å². The number of rotatable bonds is 10. The zero-order valence-electron chi connectivity index (χ0n) is 21.5. The van der Waals surface area contributed by atoms with Crippen molar-refractivity contribution in [3.05, 3.63) is 57.1 Å². The van der Waals surface area contributed by atoms with E-state index in [1.807, 2.05) is 0 Å². The van der Waals surface area contributed by atoms with E-state index in [0.29, 0.717) is 41.1 Å². The summed E-state index contributed by atoms with van der Waals surface area (Å²) in [6.45, 7) is 8.10. The van der Waals surface area contributed by atoms with Crippen LogP contribution in [0.2, 0.25) is 10.0 Å². The SMILES string of the molecule is COCCOc1ccc(CN2C3CCC2CC(NC(=O)C(C)Oc2ccc(Cl)cc2Cl)C3)c(C)c1C. The number of amides is 1. The zero-order chi connectivity index (χ0) is 25.8. The van der Waals surface area contributed by atoms with E-state index >= 15 is 0 Å². The Morgan fingerprint density at radius 3 is 2.42 bits per heavy atom. The summed E-state index contributed by atoms with van der Waals surface area (Å²) in [5.41, 5.74) is 3.81. The maximum Gasteiger partial charge on any atom is 0.260 e. The van der Waals surface area contributed by atoms with Gasteiger partial charge in [-0.2, -0.15) is 0 Å². The number of halogens is 2. The van der Waals surface area contributed by atoms with Gasteiger partial charge in [0.2, 0.25) is 0 Å². The molecule has 2 heterocycles. The van der Waals surface area contributed by atoms with E-state index in [1.54, 1.807) is 32.2 Å². The lowest BCUT2D eigenvalue weighted by Crippen LogP contribution is -2.52. The fourth-order valence-electron chi connectivity index (χ4n) is 5.39. The number of hydrogen-bond acceptors (Lipinski definition) is 5. The van der Waals surface area contributed by atoms with Crippen molar-refractivity contribution in [2.24, 2.45) is 0 Å². The predicted octanol–water partition coefficient (Wildman–Crippen LogP) is 5.71. The van der Waals surface area contributed by atoms with Crippen molar-refractivity contribution in [3.8, 4) is 11.5 Å². The molecule has 2 fully saturated rings. The Bertz CT molecular complexity index is 1070. The highest BCUT2D eigenvalue weighted by atomic mass is 35.5. The van der Waals surface area contributed by atoms with Crippen LogP contribution in [0.25, 0.3) is 0 Å². The van der Waals surface area contributed by atoms with Gasteiger partial charge in [-0.3, -0.25) is 9.69 Å². The monoisotopic (exact) mass is 534 g/mol. The van der Waals surface area contributed by atoms with Crippen LogP contribution < -0.4 is 14.8 Å². The summed E-state index contributed by atoms with van der Waals surface area (Å²) in [5.74, 6) is 1.27. The van der Waals surface area contributed by atoms with E-state index in [2.05, 4.69) is 36.2 Å². The van der Waals surface area contributed by atoms with Gasteiger partial charge in [0.05, 0.1) is 11.6 Å². The van der Waals surface area contributed by atoms with Crippen molar-refractivity contribution in [2.75, 3.05) is 20.3 Å². The van der Waals surface area contributed by atoms with Gasteiger partial charge in [0.25, 0.3) is 5.91 Å². The lowest BCUT2D eigenvalue weighted by atomic mass is 9.95. The summed E-state index contributed by atoms with van der Waals surface area (Å²) in [7, 11) is 1.68. The molecular formula is C28H36Cl2N2O4. The molecule has 0 aliphatic carbocycles. The number of carbonyl (C=O) groups is 1. The van der Waals surface area contributed by atoms with Crippen LogP contribution in [0.4, 0.5) is 0 Å². The third-order valence-electron chi connectivity index (χ3n) is 7.55. The molecule has 2 aromatic rings. The van der Waals surface area contributed by atoms with Gasteiger partial charge in [0.15, 0.2) is 6.10 Å². The average molecular weight is 536 g/mol. The second-order valence-corrected chi connectivity index (χ2v) is 10.7. The lowest BCUT2D eigenvalue weighted by Gasteiger charge is -2.39. The molecular weight excluding hydrogens is 499 g/mol. The molecule has 2 aliphatic heterocycles. The molecule has 36 heavy (non-hydrogen) atoms. The van der Waals surface area contributed by atoms with Gasteiger partial charge < -0.3 is 19.5 Å². The number of ether oxygens (including phenoxy) is 3. The minimum atomic E-state index is -0.644. The molecule has 2 bridgehead atoms. The Morgan fingerprint density at radius 1 is 1.06 bits per heavy atom. The molecule has 4 rings (SSSR count). The van der Waals surface area contributed by atoms with Gasteiger partial charge in [0, 0.05) is 36.8 Å². The number of nitrogens with one attached hydrogen (secondary N) is 1. The van der Waals surface area contributed by atoms with Crippen molar-refractivity contribution in [2.45, 2.75) is 77.2 Å². The van der Waals surface area contributed by atoms with Gasteiger partial charge in [-0.05, 0) is 87.4 Å². The Kier molecular flexibility index (Phi) is 9.05. The smallest absolute Gasteiger partial charge is 0.260 e. The number of benzene rings is 2. The number of nitrogens with zero attached hydrogens (tertiary/aromatic N) is 1. The number of methoxy groups -OCH3 is 1. The van der Waals surface area contributed by atoms with Crippen molar-refractivity contribution in [3.63, 3.8) is 0 Å². The van der Waals surface area contributed by atoms with Gasteiger partial charge >= 0.3 is 0 Å². The molecule has 0 radical (unpaired) electrons. The number of fused-ring (bicyclic) bond motifs is 2. The van der Waals surface area contributed by atoms with E-state index < -0.39 is 6.10 Å². The van der Waals surface area contributed by atoms with Crippen LogP contribution >= 0.6 is 23.2 Å². The minimum absolute atomic E-state index is 0.116. The molecule has 0 saturated carbocycles. The topological polar surface area (TPSA) is 60.0 Å². The third kappa shape index (κ3) is 6.28. The Labute approximate surface area is 224 Å². The van der Waals surface area contributed by atoms with Crippen LogP contribution in [0.3, 0.4) is 0 Å². The Morgan fingerprint density at radius 2 is 1.75 bits per heavy atom. The first kappa shape index (κ1) is 27.1. The maximum atomic E-state index is 12.9. The largest absolute Gasteiger partial charge is 0.491 e. The highest BCUT2D eigenvalue weighted by Gasteiger charge is 2.41. The van der Waals surface area contributed by atoms with Crippen molar-refractivity contribution in [1.82, 2.24) is 10.2 Å². The normalized spacial score (nSPS) is 22.3. The van der Waals surface area contributed by atoms with Gasteiger partial charge in [-0.25, -0.2) is 0 Å². The van der Waals surface area contributed by atoms with Crippen LogP contribution in [-0.4, -0.2) is 55.4 Å². The summed E-state index contributed by atoms with van der Waals surface area (Å²) in [6, 6.07) is 10.4. The molecule has 0 spiro atoms. The molecule has 1 N–H and O–H groups in total. The van der Waals surface area contributed by atoms with Gasteiger partial charge in [0.1, 0.15) is 18.1 Å². The molecule has 3 unspecified atom stereocenters. The highest BCUT2D eigenvalue weighted by Crippen LogP contribution is 2.38. The van der Waals surface area contributed by atoms with Crippen molar-refractivity contribution < 1.29 is 19.0 Å². The molecule has 2 saturated heterocycles. The molecule has 1 amide bonds. The number of piperidine rings is 1. The van der Waals surface area contributed by atoms with Crippen molar-refractivity contribution >= 4 is 29.1 Å². The molecule has 0 aromatic heterocycles. The van der Waals surface area contributed by atoms with E-state index in [9.17, 15) is 4.79 Å². The van der Waals surface area contributed by atoms with E-state index in [-0.39, 0.29) is 11.9 Å². The standard InChI is InChI=1S/C28H36Cl2N2O4/c1-17-18(2)26(35-12-11-34-4)9-5-20(17)16-32-23-7-8-24(32)15-22(14-23)31-28(33)19(3)36-27-10-6-21(29)13-25(27)30/h5-6,9-10,13,19,22-24H,7-8,11-12,14-16H2,1-4H3,(H,31,33). The summed E-state index contributed by atoms with van der Waals surface area (Å²) in [4.78, 5) is 15.5. The van der Waals surface area contributed by atoms with E-state index in [0.717, 1.165) is 25.1 Å². The molecule has 196 valence electrons. The summed E-state index contributed by atoms with van der Waals surface area (Å²) < 4.78 is 16.8. The Balaban J connectivity index is 1.33. The highest BCUT2D eigenvalue weighted by molar-refractivity contribution is 6.35. The molecule has 8 heteroatoms. The first-order chi connectivity index (χ1) is 17.3. The second kappa shape index (κ2) is 12.0. The van der Waals surface area contributed by atoms with Crippen LogP contribution in [0.1, 0.15) is 49.3 Å². The first-order valence-corrected chi connectivity index (χ1v) is 13.4. The number of carbonyl (C=O) groups excluding carboxylic acids is 1. The van der Waals surface area contributed by atoms with E-state index in [1.165, 1.54) is 29.5 Å². The fourth-order valence-corrected chi connectivity index (χ4v) is 5.85. The summed E-state index contributed by atoms with van der Waals surface area (Å²) in [5, 5.41) is 4.15. The molecule has 2 aromatic carbocycles.